The van der Waals surface area contributed by atoms with E-state index in [1.54, 1.807) is 18.7 Å². The van der Waals surface area contributed by atoms with Crippen molar-refractivity contribution in [3.05, 3.63) is 33.7 Å². The summed E-state index contributed by atoms with van der Waals surface area (Å²) in [4.78, 5) is 25.3. The second kappa shape index (κ2) is 7.77. The third-order valence-corrected chi connectivity index (χ3v) is 4.39. The van der Waals surface area contributed by atoms with Gasteiger partial charge < -0.3 is 9.67 Å². The van der Waals surface area contributed by atoms with E-state index in [4.69, 9.17) is 0 Å². The average Bonchev–Trinajstić information content (AvgIpc) is 2.47. The Labute approximate surface area is 148 Å². The Balaban J connectivity index is 2.38. The Kier molecular flexibility index (Phi) is 6.10. The number of hydrogen-bond donors (Lipinski definition) is 1. The Morgan fingerprint density at radius 2 is 1.96 bits per heavy atom. The molecular formula is C17H22F4N2O3. The fraction of sp³-hybridized carbons (Fsp3) is 0.647. The van der Waals surface area contributed by atoms with Crippen LogP contribution in [0.15, 0.2) is 17.1 Å². The zero-order valence-electron chi connectivity index (χ0n) is 14.6. The Bertz CT molecular complexity index is 709. The summed E-state index contributed by atoms with van der Waals surface area (Å²) in [5.74, 6) is -1.33. The first-order valence-corrected chi connectivity index (χ1v) is 8.40. The zero-order valence-corrected chi connectivity index (χ0v) is 14.6. The molecule has 0 aliphatic carbocycles. The number of pyridine rings is 1. The van der Waals surface area contributed by atoms with E-state index >= 15 is 0 Å². The summed E-state index contributed by atoms with van der Waals surface area (Å²) in [7, 11) is 0. The van der Waals surface area contributed by atoms with Gasteiger partial charge in [-0.05, 0) is 24.3 Å². The van der Waals surface area contributed by atoms with Gasteiger partial charge in [-0.25, -0.2) is 9.18 Å². The fourth-order valence-corrected chi connectivity index (χ4v) is 3.05. The summed E-state index contributed by atoms with van der Waals surface area (Å²) in [5.41, 5.74) is -2.22. The first kappa shape index (κ1) is 20.4. The number of halogens is 4. The van der Waals surface area contributed by atoms with E-state index in [-0.39, 0.29) is 44.0 Å². The van der Waals surface area contributed by atoms with E-state index in [1.807, 2.05) is 0 Å². The van der Waals surface area contributed by atoms with Crippen molar-refractivity contribution in [2.24, 2.45) is 5.92 Å². The van der Waals surface area contributed by atoms with Gasteiger partial charge in [0.1, 0.15) is 12.2 Å². The van der Waals surface area contributed by atoms with Gasteiger partial charge in [-0.3, -0.25) is 9.69 Å². The highest BCUT2D eigenvalue weighted by Gasteiger charge is 2.36. The fourth-order valence-electron chi connectivity index (χ4n) is 3.05. The molecule has 9 heteroatoms. The molecule has 1 aromatic rings. The van der Waals surface area contributed by atoms with Gasteiger partial charge in [0.05, 0.1) is 5.56 Å². The number of aromatic nitrogens is 1. The van der Waals surface area contributed by atoms with Crippen LogP contribution in [0.1, 0.15) is 37.4 Å². The van der Waals surface area contributed by atoms with Crippen molar-refractivity contribution in [2.75, 3.05) is 19.6 Å². The molecule has 1 fully saturated rings. The van der Waals surface area contributed by atoms with E-state index in [0.29, 0.717) is 6.07 Å². The number of likely N-dealkylation sites (tertiary alicyclic amines) is 1. The van der Waals surface area contributed by atoms with Gasteiger partial charge in [0.15, 0.2) is 0 Å². The second-order valence-electron chi connectivity index (χ2n) is 7.05. The van der Waals surface area contributed by atoms with Gasteiger partial charge in [-0.15, -0.1) is 0 Å². The van der Waals surface area contributed by atoms with Crippen LogP contribution in [0.25, 0.3) is 0 Å². The summed E-state index contributed by atoms with van der Waals surface area (Å²) in [6.07, 6.45) is -4.61. The van der Waals surface area contributed by atoms with E-state index < -0.39 is 35.5 Å². The van der Waals surface area contributed by atoms with Crippen LogP contribution in [-0.2, 0) is 17.4 Å². The van der Waals surface area contributed by atoms with Crippen molar-refractivity contribution in [2.45, 2.75) is 45.1 Å². The van der Waals surface area contributed by atoms with E-state index in [0.717, 1.165) is 10.8 Å². The molecule has 26 heavy (non-hydrogen) atoms. The molecule has 2 rings (SSSR count). The highest BCUT2D eigenvalue weighted by atomic mass is 19.4. The summed E-state index contributed by atoms with van der Waals surface area (Å²) >= 11 is 0. The molecule has 1 saturated heterocycles. The quantitative estimate of drug-likeness (QED) is 0.741. The van der Waals surface area contributed by atoms with Gasteiger partial charge in [0.25, 0.3) is 5.56 Å². The minimum atomic E-state index is -4.72. The number of carboxylic acids is 1. The largest absolute Gasteiger partial charge is 0.480 e. The summed E-state index contributed by atoms with van der Waals surface area (Å²) < 4.78 is 53.5. The molecule has 1 aliphatic heterocycles. The highest BCUT2D eigenvalue weighted by molar-refractivity contribution is 5.71. The molecule has 1 unspecified atom stereocenters. The van der Waals surface area contributed by atoms with Crippen LogP contribution in [0.3, 0.4) is 0 Å². The molecular weight excluding hydrogens is 356 g/mol. The lowest BCUT2D eigenvalue weighted by atomic mass is 10.0. The minimum Gasteiger partial charge on any atom is -0.480 e. The molecule has 0 aromatic carbocycles. The molecule has 0 spiro atoms. The van der Waals surface area contributed by atoms with Crippen molar-refractivity contribution in [3.63, 3.8) is 0 Å². The van der Waals surface area contributed by atoms with Crippen molar-refractivity contribution in [1.29, 1.82) is 0 Å². The molecule has 5 nitrogen and oxygen atoms in total. The van der Waals surface area contributed by atoms with Gasteiger partial charge in [0, 0.05) is 31.9 Å². The summed E-state index contributed by atoms with van der Waals surface area (Å²) in [6, 6.07) is -0.776. The number of carbonyl (C=O) groups is 1. The van der Waals surface area contributed by atoms with Gasteiger partial charge in [-0.1, -0.05) is 13.8 Å². The van der Waals surface area contributed by atoms with Gasteiger partial charge in [0.2, 0.25) is 0 Å². The molecule has 146 valence electrons. The monoisotopic (exact) mass is 378 g/mol. The maximum atomic E-state index is 13.3. The lowest BCUT2D eigenvalue weighted by molar-refractivity contribution is -0.141. The molecule has 0 amide bonds. The minimum absolute atomic E-state index is 0.0458. The number of carboxylic acid groups (broad SMARTS) is 1. The van der Waals surface area contributed by atoms with Crippen LogP contribution in [0, 0.1) is 5.92 Å². The Morgan fingerprint density at radius 3 is 2.42 bits per heavy atom. The maximum absolute atomic E-state index is 13.3. The van der Waals surface area contributed by atoms with E-state index in [9.17, 15) is 32.3 Å². The third kappa shape index (κ3) is 4.84. The van der Waals surface area contributed by atoms with Gasteiger partial charge in [-0.2, -0.15) is 13.2 Å². The van der Waals surface area contributed by atoms with E-state index in [2.05, 4.69) is 0 Å². The first-order valence-electron chi connectivity index (χ1n) is 8.40. The molecule has 1 aliphatic rings. The van der Waals surface area contributed by atoms with Crippen LogP contribution >= 0.6 is 0 Å². The van der Waals surface area contributed by atoms with Crippen LogP contribution in [0.2, 0.25) is 0 Å². The summed E-state index contributed by atoms with van der Waals surface area (Å²) in [6.45, 7) is 4.09. The van der Waals surface area contributed by atoms with Crippen molar-refractivity contribution in [3.8, 4) is 0 Å². The molecule has 0 bridgehead atoms. The lowest BCUT2D eigenvalue weighted by Gasteiger charge is -2.34. The number of rotatable bonds is 7. The van der Waals surface area contributed by atoms with Crippen LogP contribution < -0.4 is 5.56 Å². The number of aliphatic carboxylic acids is 1. The molecule has 0 radical (unpaired) electrons. The first-order chi connectivity index (χ1) is 12.0. The normalized spacial score (nSPS) is 17.3. The Hall–Kier alpha value is -1.90. The van der Waals surface area contributed by atoms with Crippen molar-refractivity contribution < 1.29 is 27.5 Å². The topological polar surface area (TPSA) is 62.5 Å². The lowest BCUT2D eigenvalue weighted by Crippen LogP contribution is -2.49. The molecule has 0 saturated carbocycles. The summed E-state index contributed by atoms with van der Waals surface area (Å²) in [5, 5.41) is 9.38. The van der Waals surface area contributed by atoms with Crippen LogP contribution in [0.5, 0.6) is 0 Å². The smallest absolute Gasteiger partial charge is 0.416 e. The predicted molar refractivity (Wildman–Crippen MR) is 86.9 cm³/mol. The number of nitrogens with zero attached hydrogens (tertiary/aromatic N) is 2. The van der Waals surface area contributed by atoms with Crippen LogP contribution in [0.4, 0.5) is 17.6 Å². The number of alkyl halides is 4. The Morgan fingerprint density at radius 1 is 1.35 bits per heavy atom. The molecule has 2 heterocycles. The standard InChI is InChI=1S/C17H22F4N2O3/c1-10(2)5-14(16(25)26)23-7-11(3-4-22-8-12(18)9-22)13(6-15(23)24)17(19,20)21/h6-7,10,12,14H,3-5,8-9H2,1-2H3,(H,25,26). The molecule has 1 N–H and O–H groups in total. The molecule has 1 aromatic heterocycles. The maximum Gasteiger partial charge on any atom is 0.416 e. The SMILES string of the molecule is CC(C)CC(C(=O)O)n1cc(CCN2CC(F)C2)c(C(F)(F)F)cc1=O. The molecule has 1 atom stereocenters. The third-order valence-electron chi connectivity index (χ3n) is 4.39. The average molecular weight is 378 g/mol. The highest BCUT2D eigenvalue weighted by Crippen LogP contribution is 2.32. The van der Waals surface area contributed by atoms with Crippen molar-refractivity contribution >= 4 is 5.97 Å². The number of hydrogen-bond acceptors (Lipinski definition) is 3. The second-order valence-corrected chi connectivity index (χ2v) is 7.05. The van der Waals surface area contributed by atoms with Gasteiger partial charge >= 0.3 is 12.1 Å². The predicted octanol–water partition coefficient (Wildman–Crippen LogP) is 2.74. The zero-order chi connectivity index (χ0) is 19.6. The van der Waals surface area contributed by atoms with Crippen molar-refractivity contribution in [1.82, 2.24) is 9.47 Å². The van der Waals surface area contributed by atoms with E-state index in [1.165, 1.54) is 0 Å². The van der Waals surface area contributed by atoms with Crippen LogP contribution in [-0.4, -0.2) is 46.3 Å².